The maximum absolute atomic E-state index is 12.7. The van der Waals surface area contributed by atoms with Gasteiger partial charge in [0.05, 0.1) is 0 Å². The van der Waals surface area contributed by atoms with Crippen molar-refractivity contribution in [2.75, 3.05) is 20.2 Å². The van der Waals surface area contributed by atoms with E-state index >= 15 is 0 Å². The molecule has 1 unspecified atom stereocenters. The monoisotopic (exact) mass is 952 g/mol. The fourth-order valence-corrected chi connectivity index (χ4v) is 11.4. The molecule has 0 spiro atoms. The van der Waals surface area contributed by atoms with Gasteiger partial charge in [-0.05, 0) is 12.8 Å². The molecule has 1 N–H and O–H groups in total. The zero-order valence-electron chi connectivity index (χ0n) is 46.2. The lowest BCUT2D eigenvalue weighted by molar-refractivity contribution is 0.230. The molecule has 0 aliphatic heterocycles. The predicted molar refractivity (Wildman–Crippen MR) is 298 cm³/mol. The fourth-order valence-electron chi connectivity index (χ4n) is 10.4. The molecule has 0 fully saturated rings. The van der Waals surface area contributed by atoms with Gasteiger partial charge in [0.25, 0.3) is 0 Å². The molecule has 0 aromatic rings. The molecule has 5 heteroatoms. The van der Waals surface area contributed by atoms with Crippen LogP contribution in [0, 0.1) is 0 Å². The van der Waals surface area contributed by atoms with Crippen LogP contribution in [0.2, 0.25) is 0 Å². The number of nitrogens with zero attached hydrogens (tertiary/aromatic N) is 1. The number of rotatable bonds is 60. The second kappa shape index (κ2) is 57.7. The minimum absolute atomic E-state index is 0.681. The van der Waals surface area contributed by atoms with E-state index in [0.29, 0.717) is 13.1 Å². The quantitative estimate of drug-likeness (QED) is 0.0487. The highest BCUT2D eigenvalue weighted by Crippen LogP contribution is 2.45. The molecule has 0 rings (SSSR count). The van der Waals surface area contributed by atoms with E-state index in [1.807, 2.05) is 0 Å². The van der Waals surface area contributed by atoms with Crippen molar-refractivity contribution < 1.29 is 14.0 Å². The normalized spacial score (nSPS) is 12.8. The van der Waals surface area contributed by atoms with Crippen molar-refractivity contribution in [3.05, 3.63) is 0 Å². The van der Waals surface area contributed by atoms with Crippen LogP contribution in [0.5, 0.6) is 0 Å². The van der Waals surface area contributed by atoms with Crippen LogP contribution in [0.25, 0.3) is 0 Å². The van der Waals surface area contributed by atoms with E-state index in [4.69, 9.17) is 4.52 Å². The van der Waals surface area contributed by atoms with Gasteiger partial charge in [-0.1, -0.05) is 361 Å². The molecule has 0 aromatic carbocycles. The van der Waals surface area contributed by atoms with Crippen LogP contribution in [-0.2, 0) is 9.09 Å². The molecule has 0 heterocycles. The van der Waals surface area contributed by atoms with E-state index in [-0.39, 0.29) is 0 Å². The SMILES string of the molecule is CCCCCCCCCCCCCCCCCCCCCCCCCCCCCCN(CCCCCCCCCCCCCCCCCCCCCCCCCCCCCC)P(=O)(O)OC. The first-order chi connectivity index (χ1) is 32.6. The maximum Gasteiger partial charge on any atom is 0.405 e. The van der Waals surface area contributed by atoms with Crippen molar-refractivity contribution in [3.63, 3.8) is 0 Å². The summed E-state index contributed by atoms with van der Waals surface area (Å²) in [6.45, 7) is 5.97. The minimum atomic E-state index is -3.65. The van der Waals surface area contributed by atoms with Gasteiger partial charge in [-0.25, -0.2) is 9.24 Å². The average molecular weight is 953 g/mol. The van der Waals surface area contributed by atoms with Gasteiger partial charge in [-0.3, -0.25) is 0 Å². The largest absolute Gasteiger partial charge is 0.405 e. The Bertz CT molecular complexity index is 855. The number of hydrogen-bond acceptors (Lipinski definition) is 2. The Hall–Kier alpha value is 0.110. The summed E-state index contributed by atoms with van der Waals surface area (Å²) in [5.41, 5.74) is 0. The molecule has 66 heavy (non-hydrogen) atoms. The Morgan fingerprint density at radius 1 is 0.258 bits per heavy atom. The van der Waals surface area contributed by atoms with Crippen molar-refractivity contribution in [1.29, 1.82) is 0 Å². The molecule has 398 valence electrons. The lowest BCUT2D eigenvalue weighted by atomic mass is 10.0. The minimum Gasteiger partial charge on any atom is -0.312 e. The molecular formula is C61H126NO3P. The smallest absolute Gasteiger partial charge is 0.312 e. The third kappa shape index (κ3) is 53.5. The van der Waals surface area contributed by atoms with E-state index in [0.717, 1.165) is 25.7 Å². The Labute approximate surface area is 418 Å². The van der Waals surface area contributed by atoms with Crippen LogP contribution >= 0.6 is 7.75 Å². The van der Waals surface area contributed by atoms with Crippen LogP contribution in [0.15, 0.2) is 0 Å². The van der Waals surface area contributed by atoms with E-state index in [2.05, 4.69) is 13.8 Å². The third-order valence-electron chi connectivity index (χ3n) is 15.1. The lowest BCUT2D eigenvalue weighted by Gasteiger charge is -2.25. The van der Waals surface area contributed by atoms with Gasteiger partial charge >= 0.3 is 7.75 Å². The van der Waals surface area contributed by atoms with Gasteiger partial charge in [-0.2, -0.15) is 0 Å². The topological polar surface area (TPSA) is 49.8 Å². The zero-order chi connectivity index (χ0) is 47.8. The molecule has 1 atom stereocenters. The highest BCUT2D eigenvalue weighted by atomic mass is 31.2. The Morgan fingerprint density at radius 3 is 0.500 bits per heavy atom. The van der Waals surface area contributed by atoms with E-state index in [1.54, 1.807) is 4.67 Å². The molecule has 0 aliphatic rings. The Balaban J connectivity index is 3.44. The summed E-state index contributed by atoms with van der Waals surface area (Å²) in [4.78, 5) is 10.4. The van der Waals surface area contributed by atoms with Gasteiger partial charge in [0, 0.05) is 20.2 Å². The summed E-state index contributed by atoms with van der Waals surface area (Å²) >= 11 is 0. The number of unbranched alkanes of at least 4 members (excludes halogenated alkanes) is 54. The maximum atomic E-state index is 12.7. The van der Waals surface area contributed by atoms with Crippen LogP contribution in [-0.4, -0.2) is 29.8 Å². The summed E-state index contributed by atoms with van der Waals surface area (Å²) in [5.74, 6) is 0. The van der Waals surface area contributed by atoms with Crippen LogP contribution in [0.3, 0.4) is 0 Å². The molecule has 0 saturated heterocycles. The standard InChI is InChI=1S/C61H126NO3P/c1-4-6-8-10-12-14-16-18-20-22-24-26-28-30-32-34-36-38-40-42-44-46-48-50-52-54-56-58-60-62(66(63,64)65-3)61-59-57-55-53-51-49-47-45-43-41-39-37-35-33-31-29-27-25-23-21-19-17-15-13-11-9-7-5-2/h4-61H2,1-3H3,(H,63,64). The van der Waals surface area contributed by atoms with Crippen LogP contribution < -0.4 is 0 Å². The lowest BCUT2D eigenvalue weighted by Crippen LogP contribution is -2.23. The molecule has 0 amide bonds. The number of hydrogen-bond donors (Lipinski definition) is 1. The first-order valence-electron chi connectivity index (χ1n) is 31.2. The van der Waals surface area contributed by atoms with Crippen molar-refractivity contribution in [2.24, 2.45) is 0 Å². The van der Waals surface area contributed by atoms with E-state index < -0.39 is 7.75 Å². The summed E-state index contributed by atoms with van der Waals surface area (Å²) in [6.07, 6.45) is 78.6. The van der Waals surface area contributed by atoms with Crippen LogP contribution in [0.4, 0.5) is 0 Å². The summed E-state index contributed by atoms with van der Waals surface area (Å²) in [6, 6.07) is 0. The molecule has 0 saturated carbocycles. The van der Waals surface area contributed by atoms with Crippen molar-refractivity contribution >= 4 is 7.75 Å². The van der Waals surface area contributed by atoms with Gasteiger partial charge in [0.2, 0.25) is 0 Å². The predicted octanol–water partition coefficient (Wildman–Crippen LogP) is 22.9. The van der Waals surface area contributed by atoms with Crippen molar-refractivity contribution in [3.8, 4) is 0 Å². The summed E-state index contributed by atoms with van der Waals surface area (Å²) < 4.78 is 19.5. The fraction of sp³-hybridized carbons (Fsp3) is 1.00. The second-order valence-electron chi connectivity index (χ2n) is 21.7. The van der Waals surface area contributed by atoms with E-state index in [1.165, 1.54) is 341 Å². The highest BCUT2D eigenvalue weighted by Gasteiger charge is 2.27. The van der Waals surface area contributed by atoms with E-state index in [9.17, 15) is 9.46 Å². The molecule has 0 radical (unpaired) electrons. The first-order valence-corrected chi connectivity index (χ1v) is 32.8. The molecule has 0 aliphatic carbocycles. The molecule has 0 aromatic heterocycles. The Morgan fingerprint density at radius 2 is 0.379 bits per heavy atom. The summed E-state index contributed by atoms with van der Waals surface area (Å²) in [7, 11) is -2.27. The van der Waals surface area contributed by atoms with Gasteiger partial charge in [0.15, 0.2) is 0 Å². The second-order valence-corrected chi connectivity index (χ2v) is 23.6. The summed E-state index contributed by atoms with van der Waals surface area (Å²) in [5, 5.41) is 0. The molecule has 0 bridgehead atoms. The first kappa shape index (κ1) is 66.1. The van der Waals surface area contributed by atoms with Gasteiger partial charge in [0.1, 0.15) is 0 Å². The zero-order valence-corrected chi connectivity index (χ0v) is 47.1. The van der Waals surface area contributed by atoms with Crippen LogP contribution in [0.1, 0.15) is 373 Å². The molecular weight excluding hydrogens is 826 g/mol. The third-order valence-corrected chi connectivity index (χ3v) is 16.7. The van der Waals surface area contributed by atoms with Gasteiger partial charge < -0.3 is 9.42 Å². The average Bonchev–Trinajstić information content (AvgIpc) is 3.32. The van der Waals surface area contributed by atoms with Crippen molar-refractivity contribution in [2.45, 2.75) is 373 Å². The van der Waals surface area contributed by atoms with Gasteiger partial charge in [-0.15, -0.1) is 0 Å². The highest BCUT2D eigenvalue weighted by molar-refractivity contribution is 7.50. The van der Waals surface area contributed by atoms with Crippen molar-refractivity contribution in [1.82, 2.24) is 4.67 Å². The molecule has 4 nitrogen and oxygen atoms in total. The Kier molecular flexibility index (Phi) is 57.8.